The predicted molar refractivity (Wildman–Crippen MR) is 81.2 cm³/mol. The third-order valence-electron chi connectivity index (χ3n) is 2.52. The third kappa shape index (κ3) is 3.00. The van der Waals surface area contributed by atoms with E-state index >= 15 is 0 Å². The van der Waals surface area contributed by atoms with Crippen LogP contribution >= 0.6 is 24.0 Å². The van der Waals surface area contributed by atoms with Gasteiger partial charge in [0.2, 0.25) is 0 Å². The topological polar surface area (TPSA) is 20.3 Å². The average Bonchev–Trinajstić information content (AvgIpc) is 2.58. The highest BCUT2D eigenvalue weighted by Crippen LogP contribution is 2.32. The van der Waals surface area contributed by atoms with Crippen molar-refractivity contribution in [3.8, 4) is 0 Å². The average molecular weight is 277 g/mol. The number of benzene rings is 1. The Morgan fingerprint density at radius 2 is 2.00 bits per heavy atom. The minimum Gasteiger partial charge on any atom is -0.293 e. The van der Waals surface area contributed by atoms with E-state index in [2.05, 4.69) is 13.8 Å². The molecular weight excluding hydrogens is 262 g/mol. The van der Waals surface area contributed by atoms with Crippen molar-refractivity contribution < 1.29 is 4.79 Å². The Kier molecular flexibility index (Phi) is 4.19. The summed E-state index contributed by atoms with van der Waals surface area (Å²) in [5.74, 6) is 0.450. The zero-order valence-corrected chi connectivity index (χ0v) is 12.1. The molecule has 0 aliphatic carbocycles. The Morgan fingerprint density at radius 1 is 1.33 bits per heavy atom. The summed E-state index contributed by atoms with van der Waals surface area (Å²) in [7, 11) is 0. The molecule has 0 spiro atoms. The summed E-state index contributed by atoms with van der Waals surface area (Å²) in [6.07, 6.45) is 1.90. The van der Waals surface area contributed by atoms with E-state index in [1.165, 1.54) is 11.8 Å². The van der Waals surface area contributed by atoms with Crippen LogP contribution in [-0.4, -0.2) is 21.7 Å². The van der Waals surface area contributed by atoms with Crippen LogP contribution in [0.4, 0.5) is 0 Å². The quantitative estimate of drug-likeness (QED) is 0.622. The summed E-state index contributed by atoms with van der Waals surface area (Å²) in [4.78, 5) is 14.6. The molecule has 1 heterocycles. The fourth-order valence-electron chi connectivity index (χ4n) is 1.72. The molecule has 0 aromatic heterocycles. The van der Waals surface area contributed by atoms with Gasteiger partial charge in [-0.2, -0.15) is 0 Å². The van der Waals surface area contributed by atoms with Gasteiger partial charge in [-0.25, -0.2) is 0 Å². The van der Waals surface area contributed by atoms with Crippen LogP contribution in [0.15, 0.2) is 35.2 Å². The highest BCUT2D eigenvalue weighted by Gasteiger charge is 2.31. The largest absolute Gasteiger partial charge is 0.293 e. The maximum Gasteiger partial charge on any atom is 0.266 e. The molecule has 1 amide bonds. The monoisotopic (exact) mass is 277 g/mol. The second-order valence-corrected chi connectivity index (χ2v) is 6.27. The molecule has 0 radical (unpaired) electrons. The second kappa shape index (κ2) is 5.67. The van der Waals surface area contributed by atoms with Gasteiger partial charge in [0, 0.05) is 6.54 Å². The van der Waals surface area contributed by atoms with Crippen LogP contribution in [0.5, 0.6) is 0 Å². The van der Waals surface area contributed by atoms with E-state index in [0.29, 0.717) is 21.7 Å². The lowest BCUT2D eigenvalue weighted by Crippen LogP contribution is -2.31. The van der Waals surface area contributed by atoms with Gasteiger partial charge in [0.05, 0.1) is 4.91 Å². The van der Waals surface area contributed by atoms with E-state index in [1.807, 2.05) is 36.4 Å². The molecule has 1 fully saturated rings. The number of carbonyl (C=O) groups is 1. The number of nitrogens with zero attached hydrogens (tertiary/aromatic N) is 1. The van der Waals surface area contributed by atoms with Gasteiger partial charge in [-0.15, -0.1) is 0 Å². The van der Waals surface area contributed by atoms with Gasteiger partial charge < -0.3 is 0 Å². The molecule has 94 valence electrons. The summed E-state index contributed by atoms with van der Waals surface area (Å²) in [6, 6.07) is 9.84. The van der Waals surface area contributed by atoms with Gasteiger partial charge in [0.25, 0.3) is 5.91 Å². The molecule has 18 heavy (non-hydrogen) atoms. The van der Waals surface area contributed by atoms with Crippen molar-refractivity contribution in [1.82, 2.24) is 4.90 Å². The van der Waals surface area contributed by atoms with Gasteiger partial charge in [0.15, 0.2) is 0 Å². The first-order valence-corrected chi connectivity index (χ1v) is 7.11. The van der Waals surface area contributed by atoms with E-state index in [-0.39, 0.29) is 5.91 Å². The van der Waals surface area contributed by atoms with E-state index in [0.717, 1.165) is 5.56 Å². The number of carbonyl (C=O) groups excluding carboxylic acids is 1. The summed E-state index contributed by atoms with van der Waals surface area (Å²) in [6.45, 7) is 4.86. The lowest BCUT2D eigenvalue weighted by molar-refractivity contribution is -0.122. The van der Waals surface area contributed by atoms with Crippen molar-refractivity contribution in [1.29, 1.82) is 0 Å². The van der Waals surface area contributed by atoms with Crippen LogP contribution in [0.25, 0.3) is 6.08 Å². The normalized spacial score (nSPS) is 18.2. The van der Waals surface area contributed by atoms with Crippen LogP contribution in [0.3, 0.4) is 0 Å². The third-order valence-corrected chi connectivity index (χ3v) is 3.90. The van der Waals surface area contributed by atoms with Gasteiger partial charge >= 0.3 is 0 Å². The van der Waals surface area contributed by atoms with Crippen LogP contribution in [0.2, 0.25) is 0 Å². The summed E-state index contributed by atoms with van der Waals surface area (Å²) in [5, 5.41) is 0. The molecular formula is C14H15NOS2. The lowest BCUT2D eigenvalue weighted by atomic mass is 10.2. The predicted octanol–water partition coefficient (Wildman–Crippen LogP) is 3.54. The van der Waals surface area contributed by atoms with Crippen molar-refractivity contribution in [3.63, 3.8) is 0 Å². The molecule has 0 bridgehead atoms. The molecule has 0 atom stereocenters. The second-order valence-electron chi connectivity index (χ2n) is 4.60. The Hall–Kier alpha value is -1.13. The van der Waals surface area contributed by atoms with Crippen molar-refractivity contribution in [3.05, 3.63) is 40.8 Å². The number of thiocarbonyl (C=S) groups is 1. The SMILES string of the molecule is CC(C)CN1C(=O)C(=Cc2ccccc2)SC1=S. The molecule has 0 N–H and O–H groups in total. The summed E-state index contributed by atoms with van der Waals surface area (Å²) in [5.41, 5.74) is 1.03. The van der Waals surface area contributed by atoms with Gasteiger partial charge in [-0.1, -0.05) is 68.2 Å². The van der Waals surface area contributed by atoms with Crippen molar-refractivity contribution >= 4 is 40.3 Å². The fourth-order valence-corrected chi connectivity index (χ4v) is 3.00. The molecule has 4 heteroatoms. The zero-order chi connectivity index (χ0) is 13.1. The summed E-state index contributed by atoms with van der Waals surface area (Å²) < 4.78 is 0.663. The van der Waals surface area contributed by atoms with E-state index in [4.69, 9.17) is 12.2 Å². The van der Waals surface area contributed by atoms with Gasteiger partial charge in [0.1, 0.15) is 4.32 Å². The number of rotatable bonds is 3. The van der Waals surface area contributed by atoms with Crippen molar-refractivity contribution in [2.75, 3.05) is 6.54 Å². The number of amides is 1. The Morgan fingerprint density at radius 3 is 2.61 bits per heavy atom. The number of hydrogen-bond donors (Lipinski definition) is 0. The fraction of sp³-hybridized carbons (Fsp3) is 0.286. The smallest absolute Gasteiger partial charge is 0.266 e. The first-order chi connectivity index (χ1) is 8.58. The van der Waals surface area contributed by atoms with Gasteiger partial charge in [-0.05, 0) is 17.6 Å². The van der Waals surface area contributed by atoms with Crippen LogP contribution in [-0.2, 0) is 4.79 Å². The molecule has 0 saturated carbocycles. The molecule has 2 rings (SSSR count). The highest BCUT2D eigenvalue weighted by molar-refractivity contribution is 8.26. The minimum absolute atomic E-state index is 0.0301. The highest BCUT2D eigenvalue weighted by atomic mass is 32.2. The van der Waals surface area contributed by atoms with Crippen molar-refractivity contribution in [2.45, 2.75) is 13.8 Å². The molecule has 1 aliphatic rings. The van der Waals surface area contributed by atoms with Crippen LogP contribution in [0, 0.1) is 5.92 Å². The molecule has 1 aliphatic heterocycles. The first-order valence-electron chi connectivity index (χ1n) is 5.88. The van der Waals surface area contributed by atoms with Crippen LogP contribution < -0.4 is 0 Å². The number of thioether (sulfide) groups is 1. The minimum atomic E-state index is 0.0301. The van der Waals surface area contributed by atoms with E-state index in [9.17, 15) is 4.79 Å². The maximum atomic E-state index is 12.2. The lowest BCUT2D eigenvalue weighted by Gasteiger charge is -2.16. The Bertz CT molecular complexity index is 494. The first kappa shape index (κ1) is 13.3. The molecule has 1 aromatic carbocycles. The molecule has 0 unspecified atom stereocenters. The van der Waals surface area contributed by atoms with E-state index in [1.54, 1.807) is 4.90 Å². The van der Waals surface area contributed by atoms with Crippen molar-refractivity contribution in [2.24, 2.45) is 5.92 Å². The van der Waals surface area contributed by atoms with E-state index < -0.39 is 0 Å². The molecule has 2 nitrogen and oxygen atoms in total. The standard InChI is InChI=1S/C14H15NOS2/c1-10(2)9-15-13(16)12(18-14(15)17)8-11-6-4-3-5-7-11/h3-8,10H,9H2,1-2H3. The molecule has 1 saturated heterocycles. The summed E-state index contributed by atoms with van der Waals surface area (Å²) >= 11 is 6.64. The molecule has 1 aromatic rings. The van der Waals surface area contributed by atoms with Crippen LogP contribution in [0.1, 0.15) is 19.4 Å². The number of hydrogen-bond acceptors (Lipinski definition) is 3. The Balaban J connectivity index is 2.20. The Labute approximate surface area is 117 Å². The van der Waals surface area contributed by atoms with Gasteiger partial charge in [-0.3, -0.25) is 9.69 Å². The zero-order valence-electron chi connectivity index (χ0n) is 10.4. The maximum absolute atomic E-state index is 12.2.